The average molecular weight is 412 g/mol. The molecule has 0 bridgehead atoms. The third-order valence-corrected chi connectivity index (χ3v) is 5.81. The lowest BCUT2D eigenvalue weighted by Gasteiger charge is -2.18. The summed E-state index contributed by atoms with van der Waals surface area (Å²) in [6.07, 6.45) is 3.17. The van der Waals surface area contributed by atoms with E-state index in [-0.39, 0.29) is 5.56 Å². The van der Waals surface area contributed by atoms with Crippen LogP contribution in [0, 0.1) is 6.92 Å². The summed E-state index contributed by atoms with van der Waals surface area (Å²) in [7, 11) is 0. The van der Waals surface area contributed by atoms with E-state index in [1.807, 2.05) is 18.2 Å². The fraction of sp³-hybridized carbons (Fsp3) is 0.333. The van der Waals surface area contributed by atoms with Gasteiger partial charge in [-0.1, -0.05) is 32.4 Å². The minimum atomic E-state index is -0.181. The Morgan fingerprint density at radius 1 is 1.12 bits per heavy atom. The van der Waals surface area contributed by atoms with Gasteiger partial charge in [-0.2, -0.15) is 4.98 Å². The van der Waals surface area contributed by atoms with E-state index < -0.39 is 0 Å². The summed E-state index contributed by atoms with van der Waals surface area (Å²) in [5.74, 6) is 0.738. The monoisotopic (exact) mass is 411 g/mol. The van der Waals surface area contributed by atoms with Crippen LogP contribution in [0.1, 0.15) is 44.7 Å². The Morgan fingerprint density at radius 3 is 2.65 bits per heavy atom. The van der Waals surface area contributed by atoms with Gasteiger partial charge in [0.2, 0.25) is 5.78 Å². The zero-order valence-corrected chi connectivity index (χ0v) is 16.9. The predicted molar refractivity (Wildman–Crippen MR) is 111 cm³/mol. The Labute approximate surface area is 160 Å². The van der Waals surface area contributed by atoms with Crippen molar-refractivity contribution in [2.75, 3.05) is 0 Å². The first-order chi connectivity index (χ1) is 12.6. The molecule has 0 aliphatic carbocycles. The fourth-order valence-electron chi connectivity index (χ4n) is 3.95. The molecule has 0 saturated carbocycles. The molecule has 0 spiro atoms. The predicted octanol–water partition coefficient (Wildman–Crippen LogP) is 5.62. The molecule has 0 fully saturated rings. The molecular formula is C21H22BrN3O. The molecule has 0 aliphatic rings. The quantitative estimate of drug-likeness (QED) is 0.436. The van der Waals surface area contributed by atoms with Crippen molar-refractivity contribution < 1.29 is 0 Å². The first kappa shape index (κ1) is 17.3. The minimum Gasteiger partial charge on any atom is -0.306 e. The Hall–Kier alpha value is -2.14. The molecule has 2 aromatic heterocycles. The van der Waals surface area contributed by atoms with Crippen LogP contribution in [0.25, 0.3) is 27.7 Å². The summed E-state index contributed by atoms with van der Waals surface area (Å²) in [5, 5.41) is 0.633. The summed E-state index contributed by atoms with van der Waals surface area (Å²) >= 11 is 3.52. The molecule has 4 nitrogen and oxygen atoms in total. The van der Waals surface area contributed by atoms with E-state index in [0.717, 1.165) is 46.1 Å². The summed E-state index contributed by atoms with van der Waals surface area (Å²) < 4.78 is 5.19. The number of aromatic nitrogens is 3. The van der Waals surface area contributed by atoms with Crippen molar-refractivity contribution in [3.63, 3.8) is 0 Å². The third-order valence-electron chi connectivity index (χ3n) is 5.15. The number of hydrogen-bond acceptors (Lipinski definition) is 2. The normalized spacial score (nSPS) is 13.1. The van der Waals surface area contributed by atoms with E-state index in [1.165, 1.54) is 5.56 Å². The molecule has 0 saturated heterocycles. The number of benzene rings is 2. The first-order valence-electron chi connectivity index (χ1n) is 9.18. The van der Waals surface area contributed by atoms with Crippen molar-refractivity contribution in [2.24, 2.45) is 0 Å². The van der Waals surface area contributed by atoms with E-state index in [1.54, 1.807) is 0 Å². The van der Waals surface area contributed by atoms with E-state index >= 15 is 0 Å². The Morgan fingerprint density at radius 2 is 1.92 bits per heavy atom. The molecule has 26 heavy (non-hydrogen) atoms. The maximum atomic E-state index is 12.8. The molecule has 0 N–H and O–H groups in total. The SMILES string of the molecule is CCCC(CC)n1c2cc(C)ccc2n2c3cccc(Br)c3c(=O)nc12. The second-order valence-corrected chi connectivity index (χ2v) is 7.75. The highest BCUT2D eigenvalue weighted by Crippen LogP contribution is 2.31. The summed E-state index contributed by atoms with van der Waals surface area (Å²) in [5.41, 5.74) is 4.16. The van der Waals surface area contributed by atoms with Crippen LogP contribution in [0.5, 0.6) is 0 Å². The molecular weight excluding hydrogens is 390 g/mol. The zero-order valence-electron chi connectivity index (χ0n) is 15.3. The molecule has 5 heteroatoms. The second kappa shape index (κ2) is 6.54. The van der Waals surface area contributed by atoms with Gasteiger partial charge in [0.05, 0.1) is 21.9 Å². The molecule has 134 valence electrons. The van der Waals surface area contributed by atoms with Crippen molar-refractivity contribution in [1.29, 1.82) is 0 Å². The number of halogens is 1. The highest BCUT2D eigenvalue weighted by atomic mass is 79.9. The van der Waals surface area contributed by atoms with Crippen molar-refractivity contribution in [1.82, 2.24) is 14.0 Å². The number of hydrogen-bond donors (Lipinski definition) is 0. The molecule has 1 atom stereocenters. The number of aryl methyl sites for hydroxylation is 1. The summed E-state index contributed by atoms with van der Waals surface area (Å²) in [6.45, 7) is 6.51. The Kier molecular flexibility index (Phi) is 4.35. The van der Waals surface area contributed by atoms with Gasteiger partial charge in [-0.15, -0.1) is 0 Å². The lowest BCUT2D eigenvalue weighted by molar-refractivity contribution is 0.466. The van der Waals surface area contributed by atoms with Crippen molar-refractivity contribution >= 4 is 43.6 Å². The number of rotatable bonds is 4. The van der Waals surface area contributed by atoms with Gasteiger partial charge in [0.1, 0.15) is 0 Å². The highest BCUT2D eigenvalue weighted by Gasteiger charge is 2.21. The standard InChI is InChI=1S/C21H22BrN3O/c1-4-7-14(5-2)24-18-12-13(3)10-11-16(18)25-17-9-6-8-15(22)19(17)20(26)23-21(24)25/h6,8-12,14H,4-5,7H2,1-3H3. The van der Waals surface area contributed by atoms with Crippen LogP contribution in [-0.2, 0) is 0 Å². The van der Waals surface area contributed by atoms with Crippen LogP contribution in [0.15, 0.2) is 45.7 Å². The average Bonchev–Trinajstić information content (AvgIpc) is 2.93. The van der Waals surface area contributed by atoms with Gasteiger partial charge in [-0.25, -0.2) is 0 Å². The van der Waals surface area contributed by atoms with Gasteiger partial charge >= 0.3 is 0 Å². The Bertz CT molecular complexity index is 1190. The van der Waals surface area contributed by atoms with E-state index in [9.17, 15) is 4.79 Å². The molecule has 2 heterocycles. The van der Waals surface area contributed by atoms with Crippen LogP contribution in [0.2, 0.25) is 0 Å². The third kappa shape index (κ3) is 2.49. The van der Waals surface area contributed by atoms with E-state index in [4.69, 9.17) is 0 Å². The highest BCUT2D eigenvalue weighted by molar-refractivity contribution is 9.10. The lowest BCUT2D eigenvalue weighted by Crippen LogP contribution is -2.15. The second-order valence-electron chi connectivity index (χ2n) is 6.90. The van der Waals surface area contributed by atoms with Crippen LogP contribution in [0.4, 0.5) is 0 Å². The van der Waals surface area contributed by atoms with Gasteiger partial charge in [-0.05, 0) is 65.5 Å². The van der Waals surface area contributed by atoms with Gasteiger partial charge in [0.25, 0.3) is 5.56 Å². The molecule has 2 aromatic carbocycles. The van der Waals surface area contributed by atoms with Gasteiger partial charge in [0.15, 0.2) is 0 Å². The van der Waals surface area contributed by atoms with E-state index in [2.05, 4.69) is 68.9 Å². The minimum absolute atomic E-state index is 0.181. The first-order valence-corrected chi connectivity index (χ1v) is 9.97. The smallest absolute Gasteiger partial charge is 0.283 e. The molecule has 1 unspecified atom stereocenters. The maximum Gasteiger partial charge on any atom is 0.283 e. The topological polar surface area (TPSA) is 39.3 Å². The molecule has 0 aliphatic heterocycles. The van der Waals surface area contributed by atoms with Crippen LogP contribution < -0.4 is 5.56 Å². The van der Waals surface area contributed by atoms with Gasteiger partial charge in [-0.3, -0.25) is 9.20 Å². The number of nitrogens with zero attached hydrogens (tertiary/aromatic N) is 3. The largest absolute Gasteiger partial charge is 0.306 e. The van der Waals surface area contributed by atoms with Gasteiger partial charge < -0.3 is 4.57 Å². The number of imidazole rings is 1. The molecule has 0 radical (unpaired) electrons. The maximum absolute atomic E-state index is 12.8. The van der Waals surface area contributed by atoms with Crippen LogP contribution >= 0.6 is 15.9 Å². The van der Waals surface area contributed by atoms with E-state index in [0.29, 0.717) is 11.4 Å². The molecule has 0 amide bonds. The Balaban J connectivity index is 2.27. The zero-order chi connectivity index (χ0) is 18.4. The van der Waals surface area contributed by atoms with Crippen LogP contribution in [-0.4, -0.2) is 14.0 Å². The lowest BCUT2D eigenvalue weighted by atomic mass is 10.1. The fourth-order valence-corrected chi connectivity index (χ4v) is 4.47. The van der Waals surface area contributed by atoms with Crippen LogP contribution in [0.3, 0.4) is 0 Å². The van der Waals surface area contributed by atoms with Gasteiger partial charge in [0, 0.05) is 10.5 Å². The summed E-state index contributed by atoms with van der Waals surface area (Å²) in [4.78, 5) is 17.3. The van der Waals surface area contributed by atoms with Crippen molar-refractivity contribution in [3.8, 4) is 0 Å². The molecule has 4 rings (SSSR count). The number of fused-ring (bicyclic) bond motifs is 5. The van der Waals surface area contributed by atoms with Crippen molar-refractivity contribution in [2.45, 2.75) is 46.1 Å². The summed E-state index contributed by atoms with van der Waals surface area (Å²) in [6, 6.07) is 12.7. The van der Waals surface area contributed by atoms with Crippen molar-refractivity contribution in [3.05, 3.63) is 56.8 Å². The molecule has 4 aromatic rings.